The van der Waals surface area contributed by atoms with Crippen LogP contribution in [0.15, 0.2) is 0 Å². The van der Waals surface area contributed by atoms with E-state index in [1.807, 2.05) is 0 Å². The Morgan fingerprint density at radius 2 is 1.79 bits per heavy atom. The van der Waals surface area contributed by atoms with Crippen molar-refractivity contribution in [3.63, 3.8) is 0 Å². The molecular weight excluding hydrogens is 415 g/mol. The zero-order valence-corrected chi connectivity index (χ0v) is 22.0. The van der Waals surface area contributed by atoms with Crippen molar-refractivity contribution in [2.75, 3.05) is 0 Å². The van der Waals surface area contributed by atoms with Crippen LogP contribution >= 0.6 is 0 Å². The zero-order valence-electron chi connectivity index (χ0n) is 22.0. The molecule has 33 heavy (non-hydrogen) atoms. The molecule has 0 radical (unpaired) electrons. The van der Waals surface area contributed by atoms with Crippen molar-refractivity contribution in [3.05, 3.63) is 0 Å². The number of hydrogen-bond donors (Lipinski definition) is 1. The van der Waals surface area contributed by atoms with E-state index in [4.69, 9.17) is 4.74 Å². The van der Waals surface area contributed by atoms with Crippen molar-refractivity contribution < 1.29 is 19.0 Å². The number of aliphatic hydroxyl groups is 1. The number of esters is 1. The molecule has 0 spiro atoms. The molecule has 4 aliphatic carbocycles. The normalized spacial score (nSPS) is 48.0. The third-order valence-corrected chi connectivity index (χ3v) is 11.3. The molecule has 0 bridgehead atoms. The summed E-state index contributed by atoms with van der Waals surface area (Å²) in [5, 5.41) is 11.8. The number of carbonyl (C=O) groups is 1. The van der Waals surface area contributed by atoms with E-state index >= 15 is 4.39 Å². The van der Waals surface area contributed by atoms with Gasteiger partial charge in [0.05, 0.1) is 0 Å². The minimum atomic E-state index is -1.37. The van der Waals surface area contributed by atoms with Crippen molar-refractivity contribution in [1.82, 2.24) is 0 Å². The predicted octanol–water partition coefficient (Wildman–Crippen LogP) is 7.10. The quantitative estimate of drug-likeness (QED) is 0.426. The molecule has 10 atom stereocenters. The highest BCUT2D eigenvalue weighted by Gasteiger charge is 2.68. The fourth-order valence-electron chi connectivity index (χ4n) is 9.55. The molecule has 4 fully saturated rings. The lowest BCUT2D eigenvalue weighted by molar-refractivity contribution is -0.252. The highest BCUT2D eigenvalue weighted by Crippen LogP contribution is 2.69. The Kier molecular flexibility index (Phi) is 7.02. The molecule has 4 heteroatoms. The number of alkyl halides is 1. The predicted molar refractivity (Wildman–Crippen MR) is 130 cm³/mol. The minimum absolute atomic E-state index is 0.255. The first-order valence-electron chi connectivity index (χ1n) is 14.0. The summed E-state index contributed by atoms with van der Waals surface area (Å²) in [6, 6.07) is 0. The zero-order chi connectivity index (χ0) is 24.2. The molecule has 190 valence electrons. The molecule has 0 aromatic carbocycles. The largest absolute Gasteiger partial charge is 0.462 e. The van der Waals surface area contributed by atoms with Crippen LogP contribution < -0.4 is 0 Å². The first kappa shape index (κ1) is 25.5. The van der Waals surface area contributed by atoms with E-state index in [1.165, 1.54) is 45.4 Å². The van der Waals surface area contributed by atoms with Gasteiger partial charge in [-0.15, -0.1) is 0 Å². The molecule has 0 aromatic rings. The van der Waals surface area contributed by atoms with E-state index < -0.39 is 17.2 Å². The lowest BCUT2D eigenvalue weighted by atomic mass is 9.42. The number of carbonyl (C=O) groups excluding carboxylic acids is 1. The first-order chi connectivity index (χ1) is 15.4. The van der Waals surface area contributed by atoms with Gasteiger partial charge < -0.3 is 9.84 Å². The molecular formula is C29H49FO3. The Balaban J connectivity index is 1.51. The number of halogens is 1. The first-order valence-corrected chi connectivity index (χ1v) is 14.0. The van der Waals surface area contributed by atoms with E-state index in [0.29, 0.717) is 29.6 Å². The van der Waals surface area contributed by atoms with Gasteiger partial charge in [0.1, 0.15) is 17.9 Å². The lowest BCUT2D eigenvalue weighted by Gasteiger charge is -2.65. The van der Waals surface area contributed by atoms with Gasteiger partial charge in [0.25, 0.3) is 0 Å². The molecule has 0 heterocycles. The average Bonchev–Trinajstić information content (AvgIpc) is 3.07. The maximum atomic E-state index is 15.9. The Hall–Kier alpha value is -0.640. The molecule has 4 saturated carbocycles. The van der Waals surface area contributed by atoms with Crippen LogP contribution in [0.4, 0.5) is 4.39 Å². The molecule has 0 unspecified atom stereocenters. The second kappa shape index (κ2) is 9.10. The van der Waals surface area contributed by atoms with Crippen LogP contribution in [-0.2, 0) is 9.53 Å². The van der Waals surface area contributed by atoms with E-state index in [1.54, 1.807) is 0 Å². The fourth-order valence-corrected chi connectivity index (χ4v) is 9.55. The van der Waals surface area contributed by atoms with E-state index in [-0.39, 0.29) is 18.5 Å². The standard InChI is InChI=1S/C29H49FO3/c1-18(2)8-7-9-19(3)23-10-11-24-22-16-26(30)29(32)17-21(33-20(4)31)12-15-28(29,6)25(22)13-14-27(23,24)5/h18-19,21-26,32H,7-17H2,1-6H3/t19-,21-,22+,23-,24-,25-,26-,27+,28-,29+/m1/s1. The van der Waals surface area contributed by atoms with Gasteiger partial charge in [0.2, 0.25) is 0 Å². The van der Waals surface area contributed by atoms with Gasteiger partial charge >= 0.3 is 5.97 Å². The summed E-state index contributed by atoms with van der Waals surface area (Å²) in [4.78, 5) is 11.5. The fraction of sp³-hybridized carbons (Fsp3) is 0.966. The summed E-state index contributed by atoms with van der Waals surface area (Å²) in [6.07, 6.45) is 9.45. The summed E-state index contributed by atoms with van der Waals surface area (Å²) < 4.78 is 21.4. The molecule has 1 N–H and O–H groups in total. The van der Waals surface area contributed by atoms with Gasteiger partial charge in [-0.25, -0.2) is 4.39 Å². The maximum absolute atomic E-state index is 15.9. The average molecular weight is 465 g/mol. The SMILES string of the molecule is CC(=O)O[C@@H]1CC[C@]2(C)[C@@H]3CC[C@]4(C)[C@H](CC[C@@H]4[C@H](C)CCCC(C)C)[C@@H]3C[C@@H](F)[C@@]2(O)C1. The van der Waals surface area contributed by atoms with Gasteiger partial charge in [-0.3, -0.25) is 4.79 Å². The number of fused-ring (bicyclic) bond motifs is 5. The van der Waals surface area contributed by atoms with E-state index in [9.17, 15) is 9.90 Å². The van der Waals surface area contributed by atoms with Crippen LogP contribution in [-0.4, -0.2) is 29.0 Å². The Morgan fingerprint density at radius 3 is 2.45 bits per heavy atom. The molecule has 4 aliphatic rings. The molecule has 0 aromatic heterocycles. The summed E-state index contributed by atoms with van der Waals surface area (Å²) in [5.41, 5.74) is -1.48. The number of ether oxygens (including phenoxy) is 1. The van der Waals surface area contributed by atoms with Crippen LogP contribution in [0, 0.1) is 46.3 Å². The molecule has 3 nitrogen and oxygen atoms in total. The third-order valence-electron chi connectivity index (χ3n) is 11.3. The van der Waals surface area contributed by atoms with Crippen LogP contribution in [0.5, 0.6) is 0 Å². The van der Waals surface area contributed by atoms with Gasteiger partial charge in [-0.2, -0.15) is 0 Å². The van der Waals surface area contributed by atoms with Crippen molar-refractivity contribution in [2.45, 2.75) is 130 Å². The number of hydrogen-bond acceptors (Lipinski definition) is 3. The summed E-state index contributed by atoms with van der Waals surface area (Å²) in [6.45, 7) is 13.2. The highest BCUT2D eigenvalue weighted by atomic mass is 19.1. The summed E-state index contributed by atoms with van der Waals surface area (Å²) in [5.74, 6) is 3.28. The van der Waals surface area contributed by atoms with Crippen molar-refractivity contribution in [3.8, 4) is 0 Å². The van der Waals surface area contributed by atoms with Crippen LogP contribution in [0.3, 0.4) is 0 Å². The van der Waals surface area contributed by atoms with Gasteiger partial charge in [-0.05, 0) is 85.9 Å². The summed E-state index contributed by atoms with van der Waals surface area (Å²) >= 11 is 0. The highest BCUT2D eigenvalue weighted by molar-refractivity contribution is 5.66. The van der Waals surface area contributed by atoms with Crippen molar-refractivity contribution in [1.29, 1.82) is 0 Å². The van der Waals surface area contributed by atoms with Crippen LogP contribution in [0.2, 0.25) is 0 Å². The summed E-state index contributed by atoms with van der Waals surface area (Å²) in [7, 11) is 0. The third kappa shape index (κ3) is 4.19. The maximum Gasteiger partial charge on any atom is 0.302 e. The smallest absolute Gasteiger partial charge is 0.302 e. The second-order valence-corrected chi connectivity index (χ2v) is 13.4. The van der Waals surface area contributed by atoms with Gasteiger partial charge in [0, 0.05) is 18.8 Å². The van der Waals surface area contributed by atoms with Gasteiger partial charge in [-0.1, -0.05) is 53.9 Å². The van der Waals surface area contributed by atoms with Crippen molar-refractivity contribution >= 4 is 5.97 Å². The van der Waals surface area contributed by atoms with Crippen LogP contribution in [0.25, 0.3) is 0 Å². The molecule has 0 aliphatic heterocycles. The number of rotatable bonds is 6. The Labute approximate surface area is 201 Å². The van der Waals surface area contributed by atoms with Gasteiger partial charge in [0.15, 0.2) is 0 Å². The molecule has 0 amide bonds. The van der Waals surface area contributed by atoms with E-state index in [2.05, 4.69) is 34.6 Å². The minimum Gasteiger partial charge on any atom is -0.462 e. The monoisotopic (exact) mass is 464 g/mol. The van der Waals surface area contributed by atoms with Crippen molar-refractivity contribution in [2.24, 2.45) is 46.3 Å². The lowest BCUT2D eigenvalue weighted by Crippen LogP contribution is -2.67. The van der Waals surface area contributed by atoms with Crippen LogP contribution in [0.1, 0.15) is 112 Å². The Morgan fingerprint density at radius 1 is 1.06 bits per heavy atom. The Bertz CT molecular complexity index is 724. The molecule has 4 rings (SSSR count). The van der Waals surface area contributed by atoms with E-state index in [0.717, 1.165) is 37.0 Å². The molecule has 0 saturated heterocycles. The topological polar surface area (TPSA) is 46.5 Å². The second-order valence-electron chi connectivity index (χ2n) is 13.4.